The third kappa shape index (κ3) is 1.58. The third-order valence-electron chi connectivity index (χ3n) is 2.17. The summed E-state index contributed by atoms with van der Waals surface area (Å²) < 4.78 is 54.9. The highest BCUT2D eigenvalue weighted by Gasteiger charge is 2.36. The molecule has 0 saturated heterocycles. The van der Waals surface area contributed by atoms with Crippen LogP contribution in [0.3, 0.4) is 0 Å². The van der Waals surface area contributed by atoms with Gasteiger partial charge in [-0.2, -0.15) is 13.2 Å². The molecule has 0 fully saturated rings. The zero-order valence-electron chi connectivity index (χ0n) is 7.68. The molecule has 3 nitrogen and oxygen atoms in total. The van der Waals surface area contributed by atoms with E-state index in [9.17, 15) is 17.6 Å². The molecule has 0 atom stereocenters. The highest BCUT2D eigenvalue weighted by molar-refractivity contribution is 6.05. The Hall–Kier alpha value is -1.79. The lowest BCUT2D eigenvalue weighted by Crippen LogP contribution is -2.08. The molecule has 1 aromatic carbocycles. The predicted molar refractivity (Wildman–Crippen MR) is 45.2 cm³/mol. The highest BCUT2D eigenvalue weighted by Crippen LogP contribution is 2.37. The van der Waals surface area contributed by atoms with E-state index >= 15 is 0 Å². The molecule has 0 saturated carbocycles. The minimum Gasteiger partial charge on any atom is -0.486 e. The van der Waals surface area contributed by atoms with Crippen LogP contribution in [0.1, 0.15) is 11.1 Å². The quantitative estimate of drug-likeness (QED) is 0.426. The van der Waals surface area contributed by atoms with Crippen LogP contribution in [0.4, 0.5) is 17.6 Å². The SMILES string of the molecule is O/N=C1\COc2cc(C(F)(F)F)c(F)cc21. The summed E-state index contributed by atoms with van der Waals surface area (Å²) in [5, 5.41) is 11.3. The average Bonchev–Trinajstić information content (AvgIpc) is 2.57. The second-order valence-electron chi connectivity index (χ2n) is 3.16. The van der Waals surface area contributed by atoms with E-state index in [0.29, 0.717) is 12.1 Å². The second-order valence-corrected chi connectivity index (χ2v) is 3.16. The van der Waals surface area contributed by atoms with Crippen molar-refractivity contribution in [3.8, 4) is 5.75 Å². The van der Waals surface area contributed by atoms with Crippen LogP contribution in [-0.2, 0) is 6.18 Å². The van der Waals surface area contributed by atoms with Gasteiger partial charge in [-0.05, 0) is 12.1 Å². The molecule has 86 valence electrons. The number of halogens is 4. The number of hydrogen-bond donors (Lipinski definition) is 1. The molecule has 1 aliphatic heterocycles. The summed E-state index contributed by atoms with van der Waals surface area (Å²) in [6.07, 6.45) is -4.78. The number of fused-ring (bicyclic) bond motifs is 1. The zero-order chi connectivity index (χ0) is 11.9. The van der Waals surface area contributed by atoms with Crippen molar-refractivity contribution in [2.75, 3.05) is 6.61 Å². The molecule has 2 rings (SSSR count). The van der Waals surface area contributed by atoms with Gasteiger partial charge in [-0.3, -0.25) is 0 Å². The molecule has 1 heterocycles. The average molecular weight is 235 g/mol. The molecule has 0 unspecified atom stereocenters. The predicted octanol–water partition coefficient (Wildman–Crippen LogP) is 2.42. The van der Waals surface area contributed by atoms with Crippen molar-refractivity contribution in [2.24, 2.45) is 5.16 Å². The van der Waals surface area contributed by atoms with E-state index in [1.165, 1.54) is 0 Å². The number of oxime groups is 1. The number of hydrogen-bond acceptors (Lipinski definition) is 3. The van der Waals surface area contributed by atoms with Crippen molar-refractivity contribution >= 4 is 5.71 Å². The summed E-state index contributed by atoms with van der Waals surface area (Å²) in [5.41, 5.74) is -1.36. The van der Waals surface area contributed by atoms with E-state index in [-0.39, 0.29) is 23.6 Å². The smallest absolute Gasteiger partial charge is 0.419 e. The Balaban J connectivity index is 2.58. The van der Waals surface area contributed by atoms with Crippen LogP contribution in [0, 0.1) is 5.82 Å². The maximum atomic E-state index is 13.1. The maximum Gasteiger partial charge on any atom is 0.419 e. The van der Waals surface area contributed by atoms with Gasteiger partial charge in [0.25, 0.3) is 0 Å². The molecule has 0 bridgehead atoms. The van der Waals surface area contributed by atoms with Crippen LogP contribution in [0.5, 0.6) is 5.75 Å². The van der Waals surface area contributed by atoms with Crippen LogP contribution in [0.2, 0.25) is 0 Å². The van der Waals surface area contributed by atoms with E-state index in [0.717, 1.165) is 0 Å². The van der Waals surface area contributed by atoms with Crippen molar-refractivity contribution in [3.05, 3.63) is 29.1 Å². The molecule has 0 amide bonds. The van der Waals surface area contributed by atoms with Gasteiger partial charge >= 0.3 is 6.18 Å². The van der Waals surface area contributed by atoms with Crippen LogP contribution >= 0.6 is 0 Å². The van der Waals surface area contributed by atoms with Crippen molar-refractivity contribution in [1.29, 1.82) is 0 Å². The van der Waals surface area contributed by atoms with Crippen LogP contribution in [-0.4, -0.2) is 17.5 Å². The minimum atomic E-state index is -4.78. The lowest BCUT2D eigenvalue weighted by molar-refractivity contribution is -0.140. The van der Waals surface area contributed by atoms with Crippen molar-refractivity contribution in [1.82, 2.24) is 0 Å². The van der Waals surface area contributed by atoms with Crippen LogP contribution < -0.4 is 4.74 Å². The Labute approximate surface area is 86.9 Å². The Morgan fingerprint density at radius 3 is 2.56 bits per heavy atom. The summed E-state index contributed by atoms with van der Waals surface area (Å²) in [6.45, 7) is -0.174. The molecule has 1 N–H and O–H groups in total. The van der Waals surface area contributed by atoms with Gasteiger partial charge in [0.2, 0.25) is 0 Å². The molecule has 0 spiro atoms. The van der Waals surface area contributed by atoms with Crippen LogP contribution in [0.15, 0.2) is 17.3 Å². The normalized spacial score (nSPS) is 17.4. The summed E-state index contributed by atoms with van der Waals surface area (Å²) >= 11 is 0. The molecular weight excluding hydrogens is 230 g/mol. The van der Waals surface area contributed by atoms with E-state index in [2.05, 4.69) is 5.16 Å². The number of benzene rings is 1. The molecule has 0 radical (unpaired) electrons. The molecule has 0 aliphatic carbocycles. The monoisotopic (exact) mass is 235 g/mol. The number of ether oxygens (including phenoxy) is 1. The van der Waals surface area contributed by atoms with Crippen molar-refractivity contribution in [3.63, 3.8) is 0 Å². The molecule has 1 aliphatic rings. The van der Waals surface area contributed by atoms with E-state index < -0.39 is 17.6 Å². The Morgan fingerprint density at radius 1 is 1.31 bits per heavy atom. The molecular formula is C9H5F4NO2. The largest absolute Gasteiger partial charge is 0.486 e. The first-order valence-electron chi connectivity index (χ1n) is 4.18. The number of alkyl halides is 3. The first-order chi connectivity index (χ1) is 7.43. The third-order valence-corrected chi connectivity index (χ3v) is 2.17. The summed E-state index contributed by atoms with van der Waals surface area (Å²) in [4.78, 5) is 0. The Kier molecular flexibility index (Phi) is 2.25. The van der Waals surface area contributed by atoms with Crippen molar-refractivity contribution < 1.29 is 27.5 Å². The molecule has 0 aromatic heterocycles. The first-order valence-corrected chi connectivity index (χ1v) is 4.18. The summed E-state index contributed by atoms with van der Waals surface area (Å²) in [6, 6.07) is 1.21. The van der Waals surface area contributed by atoms with Gasteiger partial charge in [0.15, 0.2) is 0 Å². The van der Waals surface area contributed by atoms with Gasteiger partial charge in [-0.15, -0.1) is 0 Å². The number of nitrogens with zero attached hydrogens (tertiary/aromatic N) is 1. The van der Waals surface area contributed by atoms with Gasteiger partial charge in [-0.25, -0.2) is 4.39 Å². The first kappa shape index (κ1) is 10.7. The van der Waals surface area contributed by atoms with Gasteiger partial charge < -0.3 is 9.94 Å². The maximum absolute atomic E-state index is 13.1. The van der Waals surface area contributed by atoms with E-state index in [1.54, 1.807) is 0 Å². The van der Waals surface area contributed by atoms with Gasteiger partial charge in [0, 0.05) is 5.56 Å². The lowest BCUT2D eigenvalue weighted by Gasteiger charge is -2.09. The lowest BCUT2D eigenvalue weighted by atomic mass is 10.1. The second kappa shape index (κ2) is 3.36. The molecule has 16 heavy (non-hydrogen) atoms. The topological polar surface area (TPSA) is 41.8 Å². The Bertz CT molecular complexity index is 467. The highest BCUT2D eigenvalue weighted by atomic mass is 19.4. The standard InChI is InChI=1S/C9H5F4NO2/c10-6-1-4-7(14-15)3-16-8(4)2-5(6)9(11,12)13/h1-2,15H,3H2/b14-7+. The van der Waals surface area contributed by atoms with Gasteiger partial charge in [0.05, 0.1) is 5.56 Å². The minimum absolute atomic E-state index is 0.00243. The van der Waals surface area contributed by atoms with Crippen molar-refractivity contribution in [2.45, 2.75) is 6.18 Å². The van der Waals surface area contributed by atoms with Gasteiger partial charge in [-0.1, -0.05) is 5.16 Å². The summed E-state index contributed by atoms with van der Waals surface area (Å²) in [5.74, 6) is -1.56. The fraction of sp³-hybridized carbons (Fsp3) is 0.222. The van der Waals surface area contributed by atoms with Gasteiger partial charge in [0.1, 0.15) is 23.9 Å². The molecule has 7 heteroatoms. The van der Waals surface area contributed by atoms with E-state index in [1.807, 2.05) is 0 Å². The Morgan fingerprint density at radius 2 is 2.00 bits per heavy atom. The fourth-order valence-corrected chi connectivity index (χ4v) is 1.42. The summed E-state index contributed by atoms with van der Waals surface area (Å²) in [7, 11) is 0. The fourth-order valence-electron chi connectivity index (χ4n) is 1.42. The zero-order valence-corrected chi connectivity index (χ0v) is 7.68. The van der Waals surface area contributed by atoms with E-state index in [4.69, 9.17) is 9.94 Å². The molecule has 1 aromatic rings. The number of rotatable bonds is 0. The van der Waals surface area contributed by atoms with Crippen LogP contribution in [0.25, 0.3) is 0 Å².